The molecule has 2 aromatic rings. The molecule has 0 atom stereocenters. The molecule has 1 N–H and O–H groups in total. The van der Waals surface area contributed by atoms with Crippen LogP contribution in [0.4, 0.5) is 5.69 Å². The first-order valence-electron chi connectivity index (χ1n) is 7.57. The summed E-state index contributed by atoms with van der Waals surface area (Å²) in [6.07, 6.45) is 1.52. The molecule has 0 aliphatic rings. The van der Waals surface area contributed by atoms with Gasteiger partial charge in [0.2, 0.25) is 0 Å². The van der Waals surface area contributed by atoms with Crippen LogP contribution in [0.25, 0.3) is 6.08 Å². The van der Waals surface area contributed by atoms with Crippen molar-refractivity contribution in [2.24, 2.45) is 0 Å². The Balaban J connectivity index is 2.24. The van der Waals surface area contributed by atoms with E-state index in [-0.39, 0.29) is 5.57 Å². The molecule has 0 spiro atoms. The molecule has 0 unspecified atom stereocenters. The summed E-state index contributed by atoms with van der Waals surface area (Å²) in [5.41, 5.74) is 1.22. The fraction of sp³-hybridized carbons (Fsp3) is 0.158. The Morgan fingerprint density at radius 2 is 2.04 bits per heavy atom. The summed E-state index contributed by atoms with van der Waals surface area (Å²) < 4.78 is 11.4. The van der Waals surface area contributed by atoms with Gasteiger partial charge in [-0.15, -0.1) is 0 Å². The molecule has 2 rings (SSSR count). The zero-order valence-corrected chi connectivity index (χ0v) is 15.5. The van der Waals surface area contributed by atoms with Crippen LogP contribution in [-0.2, 0) is 4.79 Å². The highest BCUT2D eigenvalue weighted by Crippen LogP contribution is 2.27. The number of nitriles is 1. The van der Waals surface area contributed by atoms with E-state index < -0.39 is 5.91 Å². The molecule has 1 amide bonds. The number of methoxy groups -OCH3 is 1. The molecule has 0 bridgehead atoms. The third-order valence-electron chi connectivity index (χ3n) is 3.29. The quantitative estimate of drug-likeness (QED) is 0.575. The third-order valence-corrected chi connectivity index (χ3v) is 3.91. The lowest BCUT2D eigenvalue weighted by atomic mass is 10.1. The van der Waals surface area contributed by atoms with Gasteiger partial charge in [0.1, 0.15) is 23.1 Å². The van der Waals surface area contributed by atoms with Gasteiger partial charge in [-0.05, 0) is 58.8 Å². The van der Waals surface area contributed by atoms with Crippen molar-refractivity contribution in [2.75, 3.05) is 19.0 Å². The Hall–Kier alpha value is -2.78. The van der Waals surface area contributed by atoms with Crippen LogP contribution in [0.1, 0.15) is 12.5 Å². The highest BCUT2D eigenvalue weighted by molar-refractivity contribution is 9.10. The second-order valence-electron chi connectivity index (χ2n) is 4.95. The maximum atomic E-state index is 12.4. The number of hydrogen-bond acceptors (Lipinski definition) is 4. The molecule has 2 aromatic carbocycles. The van der Waals surface area contributed by atoms with Gasteiger partial charge in [-0.25, -0.2) is 0 Å². The molecular weight excluding hydrogens is 384 g/mol. The smallest absolute Gasteiger partial charge is 0.266 e. The van der Waals surface area contributed by atoms with Crippen molar-refractivity contribution in [1.29, 1.82) is 5.26 Å². The van der Waals surface area contributed by atoms with E-state index in [4.69, 9.17) is 9.47 Å². The van der Waals surface area contributed by atoms with E-state index in [1.54, 1.807) is 43.5 Å². The molecule has 0 fully saturated rings. The van der Waals surface area contributed by atoms with Crippen molar-refractivity contribution in [3.63, 3.8) is 0 Å². The van der Waals surface area contributed by atoms with E-state index >= 15 is 0 Å². The minimum Gasteiger partial charge on any atom is -0.496 e. The number of anilines is 1. The second-order valence-corrected chi connectivity index (χ2v) is 5.80. The number of nitrogens with zero attached hydrogens (tertiary/aromatic N) is 1. The van der Waals surface area contributed by atoms with Gasteiger partial charge in [0.15, 0.2) is 0 Å². The topological polar surface area (TPSA) is 71.3 Å². The molecular formula is C19H17BrN2O3. The Morgan fingerprint density at radius 3 is 2.68 bits per heavy atom. The lowest BCUT2D eigenvalue weighted by Gasteiger charge is -2.11. The van der Waals surface area contributed by atoms with Crippen LogP contribution in [0.15, 0.2) is 52.5 Å². The first-order chi connectivity index (χ1) is 12.1. The summed E-state index contributed by atoms with van der Waals surface area (Å²) in [7, 11) is 1.57. The maximum Gasteiger partial charge on any atom is 0.266 e. The van der Waals surface area contributed by atoms with Crippen molar-refractivity contribution in [3.05, 3.63) is 58.1 Å². The van der Waals surface area contributed by atoms with E-state index in [2.05, 4.69) is 21.2 Å². The lowest BCUT2D eigenvalue weighted by molar-refractivity contribution is -0.112. The summed E-state index contributed by atoms with van der Waals surface area (Å²) in [6.45, 7) is 2.34. The molecule has 5 nitrogen and oxygen atoms in total. The summed E-state index contributed by atoms with van der Waals surface area (Å²) in [6, 6.07) is 14.3. The van der Waals surface area contributed by atoms with E-state index in [0.717, 1.165) is 4.47 Å². The first kappa shape index (κ1) is 18.6. The summed E-state index contributed by atoms with van der Waals surface area (Å²) in [5.74, 6) is 0.732. The number of carbonyl (C=O) groups is 1. The van der Waals surface area contributed by atoms with Gasteiger partial charge in [0.05, 0.1) is 23.9 Å². The Bertz CT molecular complexity index is 841. The van der Waals surface area contributed by atoms with Gasteiger partial charge in [-0.1, -0.05) is 18.2 Å². The molecule has 6 heteroatoms. The van der Waals surface area contributed by atoms with Crippen LogP contribution >= 0.6 is 15.9 Å². The number of rotatable bonds is 6. The fourth-order valence-electron chi connectivity index (χ4n) is 2.13. The average Bonchev–Trinajstić information content (AvgIpc) is 2.61. The first-order valence-corrected chi connectivity index (χ1v) is 8.36. The lowest BCUT2D eigenvalue weighted by Crippen LogP contribution is -2.14. The highest BCUT2D eigenvalue weighted by Gasteiger charge is 2.12. The maximum absolute atomic E-state index is 12.4. The number of amides is 1. The predicted molar refractivity (Wildman–Crippen MR) is 101 cm³/mol. The number of nitrogens with one attached hydrogen (secondary N) is 1. The minimum absolute atomic E-state index is 0.0108. The SMILES string of the molecule is CCOc1ccccc1NC(=O)C(C#N)=Cc1ccc(OC)c(Br)c1. The molecule has 0 saturated carbocycles. The molecule has 128 valence electrons. The van der Waals surface area contributed by atoms with Gasteiger partial charge in [0, 0.05) is 0 Å². The fourth-order valence-corrected chi connectivity index (χ4v) is 2.69. The van der Waals surface area contributed by atoms with E-state index in [9.17, 15) is 10.1 Å². The normalized spacial score (nSPS) is 10.7. The van der Waals surface area contributed by atoms with Crippen molar-refractivity contribution in [3.8, 4) is 17.6 Å². The van der Waals surface area contributed by atoms with Crippen molar-refractivity contribution >= 4 is 33.6 Å². The molecule has 0 aliphatic heterocycles. The summed E-state index contributed by atoms with van der Waals surface area (Å²) in [4.78, 5) is 12.4. The van der Waals surface area contributed by atoms with Gasteiger partial charge < -0.3 is 14.8 Å². The highest BCUT2D eigenvalue weighted by atomic mass is 79.9. The van der Waals surface area contributed by atoms with Crippen LogP contribution in [0.3, 0.4) is 0 Å². The number of benzene rings is 2. The zero-order valence-electron chi connectivity index (χ0n) is 13.9. The number of para-hydroxylation sites is 2. The van der Waals surface area contributed by atoms with Crippen molar-refractivity contribution in [1.82, 2.24) is 0 Å². The average molecular weight is 401 g/mol. The number of halogens is 1. The number of carbonyl (C=O) groups excluding carboxylic acids is 1. The molecule has 0 aliphatic carbocycles. The van der Waals surface area contributed by atoms with Gasteiger partial charge in [0.25, 0.3) is 5.91 Å². The Morgan fingerprint density at radius 1 is 1.28 bits per heavy atom. The molecule has 0 heterocycles. The van der Waals surface area contributed by atoms with Crippen LogP contribution in [0.5, 0.6) is 11.5 Å². The number of hydrogen-bond donors (Lipinski definition) is 1. The Kier molecular flexibility index (Phi) is 6.61. The van der Waals surface area contributed by atoms with Crippen LogP contribution in [0.2, 0.25) is 0 Å². The second kappa shape index (κ2) is 8.90. The molecule has 0 aromatic heterocycles. The monoisotopic (exact) mass is 400 g/mol. The van der Waals surface area contributed by atoms with E-state index in [1.807, 2.05) is 19.1 Å². The standard InChI is InChI=1S/C19H17BrN2O3/c1-3-25-18-7-5-4-6-16(18)22-19(23)14(12-21)10-13-8-9-17(24-2)15(20)11-13/h4-11H,3H2,1-2H3,(H,22,23). The molecule has 0 saturated heterocycles. The third kappa shape index (κ3) is 4.85. The molecule has 25 heavy (non-hydrogen) atoms. The Labute approximate surface area is 155 Å². The minimum atomic E-state index is -0.499. The van der Waals surface area contributed by atoms with Crippen LogP contribution < -0.4 is 14.8 Å². The summed E-state index contributed by atoms with van der Waals surface area (Å²) >= 11 is 3.38. The van der Waals surface area contributed by atoms with Crippen molar-refractivity contribution < 1.29 is 14.3 Å². The van der Waals surface area contributed by atoms with Gasteiger partial charge >= 0.3 is 0 Å². The number of ether oxygens (including phenoxy) is 2. The predicted octanol–water partition coefficient (Wildman–Crippen LogP) is 4.40. The van der Waals surface area contributed by atoms with Crippen molar-refractivity contribution in [2.45, 2.75) is 6.92 Å². The van der Waals surface area contributed by atoms with Crippen LogP contribution in [-0.4, -0.2) is 19.6 Å². The van der Waals surface area contributed by atoms with Gasteiger partial charge in [-0.3, -0.25) is 4.79 Å². The summed E-state index contributed by atoms with van der Waals surface area (Å²) in [5, 5.41) is 12.0. The van der Waals surface area contributed by atoms with E-state index in [0.29, 0.717) is 29.4 Å². The van der Waals surface area contributed by atoms with Gasteiger partial charge in [-0.2, -0.15) is 5.26 Å². The largest absolute Gasteiger partial charge is 0.496 e. The zero-order chi connectivity index (χ0) is 18.2. The van der Waals surface area contributed by atoms with Crippen LogP contribution in [0, 0.1) is 11.3 Å². The van der Waals surface area contributed by atoms with E-state index in [1.165, 1.54) is 6.08 Å². The molecule has 0 radical (unpaired) electrons.